The van der Waals surface area contributed by atoms with Crippen LogP contribution in [-0.2, 0) is 21.7 Å². The SMILES string of the molecule is C=N/C(=C\C=C(/C)N1C(=O)NC(C)(C)C1=O)Oc1cccc2c1C(C)(CC)OC2. The normalized spacial score (nSPS) is 23.8. The van der Waals surface area contributed by atoms with E-state index < -0.39 is 17.2 Å². The van der Waals surface area contributed by atoms with Gasteiger partial charge in [-0.3, -0.25) is 4.79 Å². The Morgan fingerprint density at radius 3 is 2.66 bits per heavy atom. The van der Waals surface area contributed by atoms with Crippen LogP contribution in [0.2, 0.25) is 0 Å². The summed E-state index contributed by atoms with van der Waals surface area (Å²) in [6.45, 7) is 13.2. The van der Waals surface area contributed by atoms with Crippen molar-refractivity contribution in [3.05, 3.63) is 53.1 Å². The van der Waals surface area contributed by atoms with Gasteiger partial charge in [-0.1, -0.05) is 19.1 Å². The van der Waals surface area contributed by atoms with Gasteiger partial charge in [-0.25, -0.2) is 14.7 Å². The van der Waals surface area contributed by atoms with E-state index in [0.717, 1.165) is 22.4 Å². The molecule has 7 nitrogen and oxygen atoms in total. The van der Waals surface area contributed by atoms with Crippen LogP contribution in [0.3, 0.4) is 0 Å². The minimum atomic E-state index is -0.929. The molecule has 3 amide bonds. The largest absolute Gasteiger partial charge is 0.439 e. The van der Waals surface area contributed by atoms with Crippen molar-refractivity contribution in [1.29, 1.82) is 0 Å². The number of allylic oxidation sites excluding steroid dienone is 3. The number of nitrogens with zero attached hydrogens (tertiary/aromatic N) is 2. The Kier molecular flexibility index (Phi) is 5.36. The van der Waals surface area contributed by atoms with Crippen molar-refractivity contribution in [2.45, 2.75) is 58.8 Å². The lowest BCUT2D eigenvalue weighted by molar-refractivity contribution is -0.128. The first-order chi connectivity index (χ1) is 13.6. The van der Waals surface area contributed by atoms with Gasteiger partial charge in [0.15, 0.2) is 0 Å². The Labute approximate surface area is 171 Å². The van der Waals surface area contributed by atoms with Gasteiger partial charge in [0.25, 0.3) is 5.91 Å². The topological polar surface area (TPSA) is 80.2 Å². The number of hydrogen-bond donors (Lipinski definition) is 1. The number of benzene rings is 1. The van der Waals surface area contributed by atoms with Crippen molar-refractivity contribution in [3.63, 3.8) is 0 Å². The molecule has 29 heavy (non-hydrogen) atoms. The summed E-state index contributed by atoms with van der Waals surface area (Å²) in [5.41, 5.74) is 1.21. The standard InChI is InChI=1S/C22H27N3O4/c1-7-22(5)18-15(13-28-22)9-8-10-16(18)29-17(23-6)12-11-14(2)25-19(26)21(3,4)24-20(25)27/h8-12H,6-7,13H2,1-5H3,(H,24,27)/b14-11+,17-12+. The van der Waals surface area contributed by atoms with Crippen molar-refractivity contribution in [2.75, 3.05) is 0 Å². The van der Waals surface area contributed by atoms with Gasteiger partial charge in [-0.15, -0.1) is 0 Å². The van der Waals surface area contributed by atoms with Gasteiger partial charge < -0.3 is 14.8 Å². The third-order valence-corrected chi connectivity index (χ3v) is 5.41. The second kappa shape index (κ2) is 7.48. The van der Waals surface area contributed by atoms with Crippen molar-refractivity contribution in [1.82, 2.24) is 10.2 Å². The van der Waals surface area contributed by atoms with Gasteiger partial charge in [0, 0.05) is 17.3 Å². The molecule has 1 unspecified atom stereocenters. The van der Waals surface area contributed by atoms with Crippen LogP contribution in [0.4, 0.5) is 4.79 Å². The number of aliphatic imine (C=N–C) groups is 1. The summed E-state index contributed by atoms with van der Waals surface area (Å²) in [6, 6.07) is 5.36. The maximum Gasteiger partial charge on any atom is 0.329 e. The molecule has 0 radical (unpaired) electrons. The van der Waals surface area contributed by atoms with Gasteiger partial charge in [-0.2, -0.15) is 0 Å². The van der Waals surface area contributed by atoms with E-state index in [4.69, 9.17) is 9.47 Å². The lowest BCUT2D eigenvalue weighted by atomic mass is 9.91. The Hall–Kier alpha value is -2.93. The summed E-state index contributed by atoms with van der Waals surface area (Å²) in [5.74, 6) is 0.606. The van der Waals surface area contributed by atoms with Crippen LogP contribution in [-0.4, -0.2) is 29.1 Å². The molecule has 7 heteroatoms. The fraction of sp³-hybridized carbons (Fsp3) is 0.409. The number of hydrogen-bond acceptors (Lipinski definition) is 5. The second-order valence-corrected chi connectivity index (χ2v) is 7.93. The molecule has 154 valence electrons. The molecule has 1 aromatic rings. The fourth-order valence-electron chi connectivity index (χ4n) is 3.54. The first kappa shape index (κ1) is 20.8. The minimum absolute atomic E-state index is 0.259. The molecule has 1 aromatic carbocycles. The molecular formula is C22H27N3O4. The van der Waals surface area contributed by atoms with Gasteiger partial charge in [-0.05, 0) is 58.5 Å². The molecule has 2 heterocycles. The summed E-state index contributed by atoms with van der Waals surface area (Å²) in [7, 11) is 0. The molecule has 2 aliphatic heterocycles. The molecule has 1 atom stereocenters. The quantitative estimate of drug-likeness (QED) is 0.341. The van der Waals surface area contributed by atoms with E-state index in [1.54, 1.807) is 32.9 Å². The predicted octanol–water partition coefficient (Wildman–Crippen LogP) is 4.00. The summed E-state index contributed by atoms with van der Waals surface area (Å²) < 4.78 is 12.0. The van der Waals surface area contributed by atoms with Crippen LogP contribution >= 0.6 is 0 Å². The molecule has 1 saturated heterocycles. The highest BCUT2D eigenvalue weighted by Gasteiger charge is 2.44. The van der Waals surface area contributed by atoms with Gasteiger partial charge in [0.1, 0.15) is 11.3 Å². The summed E-state index contributed by atoms with van der Waals surface area (Å²) >= 11 is 0. The fourth-order valence-corrected chi connectivity index (χ4v) is 3.54. The number of ether oxygens (including phenoxy) is 2. The molecule has 0 aliphatic carbocycles. The number of amides is 3. The number of carbonyl (C=O) groups is 2. The minimum Gasteiger partial charge on any atom is -0.439 e. The molecule has 3 rings (SSSR count). The highest BCUT2D eigenvalue weighted by atomic mass is 16.5. The zero-order valence-electron chi connectivity index (χ0n) is 17.5. The number of fused-ring (bicyclic) bond motifs is 1. The Morgan fingerprint density at radius 2 is 2.07 bits per heavy atom. The van der Waals surface area contributed by atoms with Crippen LogP contribution in [0.5, 0.6) is 5.75 Å². The number of carbonyl (C=O) groups excluding carboxylic acids is 2. The Morgan fingerprint density at radius 1 is 1.34 bits per heavy atom. The maximum absolute atomic E-state index is 12.4. The van der Waals surface area contributed by atoms with Gasteiger partial charge in [0.2, 0.25) is 5.88 Å². The Bertz CT molecular complexity index is 932. The number of nitrogens with one attached hydrogen (secondary N) is 1. The van der Waals surface area contributed by atoms with Crippen molar-refractivity contribution in [3.8, 4) is 5.75 Å². The lowest BCUT2D eigenvalue weighted by Crippen LogP contribution is -2.40. The van der Waals surface area contributed by atoms with E-state index in [2.05, 4.69) is 24.0 Å². The maximum atomic E-state index is 12.4. The molecule has 0 spiro atoms. The van der Waals surface area contributed by atoms with E-state index in [-0.39, 0.29) is 11.8 Å². The van der Waals surface area contributed by atoms with Crippen LogP contribution in [0.1, 0.15) is 52.2 Å². The monoisotopic (exact) mass is 397 g/mol. The molecular weight excluding hydrogens is 370 g/mol. The average Bonchev–Trinajstić information content (AvgIpc) is 3.12. The van der Waals surface area contributed by atoms with E-state index in [9.17, 15) is 9.59 Å². The van der Waals surface area contributed by atoms with E-state index in [0.29, 0.717) is 18.1 Å². The van der Waals surface area contributed by atoms with Crippen molar-refractivity contribution < 1.29 is 19.1 Å². The van der Waals surface area contributed by atoms with E-state index in [1.165, 1.54) is 0 Å². The van der Waals surface area contributed by atoms with Crippen LogP contribution < -0.4 is 10.1 Å². The van der Waals surface area contributed by atoms with E-state index >= 15 is 0 Å². The van der Waals surface area contributed by atoms with Crippen LogP contribution in [0.15, 0.2) is 46.9 Å². The summed E-state index contributed by atoms with van der Waals surface area (Å²) in [4.78, 5) is 29.6. The molecule has 2 aliphatic rings. The third-order valence-electron chi connectivity index (χ3n) is 5.41. The molecule has 0 saturated carbocycles. The number of imide groups is 1. The zero-order chi connectivity index (χ0) is 21.4. The number of rotatable bonds is 6. The molecule has 1 N–H and O–H groups in total. The lowest BCUT2D eigenvalue weighted by Gasteiger charge is -2.24. The third kappa shape index (κ3) is 3.70. The van der Waals surface area contributed by atoms with Gasteiger partial charge in [0.05, 0.1) is 12.2 Å². The van der Waals surface area contributed by atoms with Crippen molar-refractivity contribution in [2.24, 2.45) is 4.99 Å². The smallest absolute Gasteiger partial charge is 0.329 e. The average molecular weight is 397 g/mol. The summed E-state index contributed by atoms with van der Waals surface area (Å²) in [5, 5.41) is 2.65. The summed E-state index contributed by atoms with van der Waals surface area (Å²) in [6.07, 6.45) is 4.01. The van der Waals surface area contributed by atoms with Crippen molar-refractivity contribution >= 4 is 18.7 Å². The number of urea groups is 1. The molecule has 0 aromatic heterocycles. The highest BCUT2D eigenvalue weighted by molar-refractivity contribution is 6.08. The van der Waals surface area contributed by atoms with E-state index in [1.807, 2.05) is 25.1 Å². The molecule has 0 bridgehead atoms. The molecule has 1 fully saturated rings. The second-order valence-electron chi connectivity index (χ2n) is 7.93. The first-order valence-corrected chi connectivity index (χ1v) is 9.59. The predicted molar refractivity (Wildman–Crippen MR) is 110 cm³/mol. The highest BCUT2D eigenvalue weighted by Crippen LogP contribution is 2.44. The zero-order valence-corrected chi connectivity index (χ0v) is 17.5. The van der Waals surface area contributed by atoms with Gasteiger partial charge >= 0.3 is 6.03 Å². The Balaban J connectivity index is 1.87. The van der Waals surface area contributed by atoms with Crippen LogP contribution in [0.25, 0.3) is 0 Å². The van der Waals surface area contributed by atoms with Crippen LogP contribution in [0, 0.1) is 0 Å². The first-order valence-electron chi connectivity index (χ1n) is 9.59.